The van der Waals surface area contributed by atoms with Crippen molar-refractivity contribution in [3.05, 3.63) is 24.3 Å². The van der Waals surface area contributed by atoms with Crippen LogP contribution in [0.5, 0.6) is 5.75 Å². The molecule has 1 aromatic rings. The summed E-state index contributed by atoms with van der Waals surface area (Å²) in [6.07, 6.45) is 5.07. The Labute approximate surface area is 120 Å². The van der Waals surface area contributed by atoms with Gasteiger partial charge in [0.25, 0.3) is 0 Å². The number of nitrogens with two attached hydrogens (primary N) is 1. The molecule has 0 atom stereocenters. The molecule has 0 radical (unpaired) electrons. The van der Waals surface area contributed by atoms with Crippen LogP contribution in [0, 0.1) is 0 Å². The normalized spacial score (nSPS) is 18.7. The predicted octanol–water partition coefficient (Wildman–Crippen LogP) is 1.64. The van der Waals surface area contributed by atoms with Gasteiger partial charge in [0.1, 0.15) is 5.75 Å². The molecule has 0 unspecified atom stereocenters. The molecule has 0 bridgehead atoms. The summed E-state index contributed by atoms with van der Waals surface area (Å²) in [7, 11) is -1.96. The molecule has 1 saturated carbocycles. The van der Waals surface area contributed by atoms with Crippen LogP contribution in [0.3, 0.4) is 0 Å². The number of hydrogen-bond donors (Lipinski definition) is 2. The maximum atomic E-state index is 12.2. The average Bonchev–Trinajstić information content (AvgIpc) is 2.46. The first-order valence-corrected chi connectivity index (χ1v) is 8.36. The first-order chi connectivity index (χ1) is 9.45. The molecule has 5 nitrogen and oxygen atoms in total. The third-order valence-corrected chi connectivity index (χ3v) is 5.25. The maximum Gasteiger partial charge on any atom is 0.240 e. The van der Waals surface area contributed by atoms with Crippen LogP contribution in [0.25, 0.3) is 0 Å². The lowest BCUT2D eigenvalue weighted by molar-refractivity contribution is 0.296. The molecule has 1 aromatic carbocycles. The zero-order chi connectivity index (χ0) is 14.6. The average molecular weight is 298 g/mol. The van der Waals surface area contributed by atoms with E-state index in [-0.39, 0.29) is 4.90 Å². The minimum absolute atomic E-state index is 0.234. The Kier molecular flexibility index (Phi) is 4.67. The first-order valence-electron chi connectivity index (χ1n) is 6.88. The van der Waals surface area contributed by atoms with Gasteiger partial charge in [-0.15, -0.1) is 0 Å². The number of benzene rings is 1. The van der Waals surface area contributed by atoms with Crippen molar-refractivity contribution >= 4 is 10.0 Å². The van der Waals surface area contributed by atoms with Gasteiger partial charge in [0.05, 0.1) is 12.0 Å². The standard InChI is InChI=1S/C14H22N2O3S/c1-19-12-5-7-13(8-6-12)20(17,18)16-11-14(15)9-3-2-4-10-14/h5-8,16H,2-4,9-11,15H2,1H3. The molecule has 0 heterocycles. The Balaban J connectivity index is 2.02. The minimum atomic E-state index is -3.51. The van der Waals surface area contributed by atoms with Gasteiger partial charge in [-0.2, -0.15) is 0 Å². The van der Waals surface area contributed by atoms with Gasteiger partial charge in [0.15, 0.2) is 0 Å². The maximum absolute atomic E-state index is 12.2. The molecule has 1 aliphatic rings. The van der Waals surface area contributed by atoms with E-state index in [0.717, 1.165) is 25.7 Å². The van der Waals surface area contributed by atoms with Crippen LogP contribution in [0.4, 0.5) is 0 Å². The van der Waals surface area contributed by atoms with Gasteiger partial charge in [0.2, 0.25) is 10.0 Å². The molecule has 3 N–H and O–H groups in total. The highest BCUT2D eigenvalue weighted by Gasteiger charge is 2.29. The lowest BCUT2D eigenvalue weighted by Gasteiger charge is -2.33. The van der Waals surface area contributed by atoms with E-state index in [0.29, 0.717) is 12.3 Å². The Hall–Kier alpha value is -1.11. The Morgan fingerprint density at radius 3 is 2.35 bits per heavy atom. The molecule has 0 aromatic heterocycles. The van der Waals surface area contributed by atoms with Crippen LogP contribution in [-0.4, -0.2) is 27.6 Å². The molecular formula is C14H22N2O3S. The summed E-state index contributed by atoms with van der Waals surface area (Å²) in [5, 5.41) is 0. The highest BCUT2D eigenvalue weighted by molar-refractivity contribution is 7.89. The van der Waals surface area contributed by atoms with Gasteiger partial charge in [-0.05, 0) is 37.1 Å². The van der Waals surface area contributed by atoms with E-state index in [1.54, 1.807) is 19.2 Å². The predicted molar refractivity (Wildman–Crippen MR) is 78.2 cm³/mol. The van der Waals surface area contributed by atoms with Crippen LogP contribution in [0.2, 0.25) is 0 Å². The SMILES string of the molecule is COc1ccc(S(=O)(=O)NCC2(N)CCCCC2)cc1. The van der Waals surface area contributed by atoms with Crippen LogP contribution in [-0.2, 0) is 10.0 Å². The molecule has 20 heavy (non-hydrogen) atoms. The van der Waals surface area contributed by atoms with E-state index in [1.807, 2.05) is 0 Å². The Bertz CT molecular complexity index is 534. The minimum Gasteiger partial charge on any atom is -0.497 e. The lowest BCUT2D eigenvalue weighted by atomic mass is 9.83. The summed E-state index contributed by atoms with van der Waals surface area (Å²) >= 11 is 0. The molecule has 1 aliphatic carbocycles. The van der Waals surface area contributed by atoms with Gasteiger partial charge in [-0.3, -0.25) is 0 Å². The van der Waals surface area contributed by atoms with Crippen LogP contribution in [0.15, 0.2) is 29.2 Å². The van der Waals surface area contributed by atoms with Gasteiger partial charge in [-0.1, -0.05) is 19.3 Å². The fourth-order valence-corrected chi connectivity index (χ4v) is 3.65. The first kappa shape index (κ1) is 15.3. The van der Waals surface area contributed by atoms with E-state index in [1.165, 1.54) is 18.6 Å². The molecule has 6 heteroatoms. The van der Waals surface area contributed by atoms with E-state index in [2.05, 4.69) is 4.72 Å². The molecule has 1 fully saturated rings. The third kappa shape index (κ3) is 3.71. The van der Waals surface area contributed by atoms with Crippen molar-refractivity contribution in [1.29, 1.82) is 0 Å². The van der Waals surface area contributed by atoms with Gasteiger partial charge >= 0.3 is 0 Å². The number of rotatable bonds is 5. The van der Waals surface area contributed by atoms with Crippen LogP contribution >= 0.6 is 0 Å². The van der Waals surface area contributed by atoms with Crippen molar-refractivity contribution in [3.63, 3.8) is 0 Å². The quantitative estimate of drug-likeness (QED) is 0.866. The van der Waals surface area contributed by atoms with Crippen LogP contribution < -0.4 is 15.2 Å². The molecule has 0 spiro atoms. The highest BCUT2D eigenvalue weighted by atomic mass is 32.2. The molecule has 2 rings (SSSR count). The summed E-state index contributed by atoms with van der Waals surface area (Å²) in [6.45, 7) is 0.293. The third-order valence-electron chi connectivity index (χ3n) is 3.83. The smallest absolute Gasteiger partial charge is 0.240 e. The van der Waals surface area contributed by atoms with E-state index in [9.17, 15) is 8.42 Å². The largest absolute Gasteiger partial charge is 0.497 e. The fraction of sp³-hybridized carbons (Fsp3) is 0.571. The molecule has 0 amide bonds. The summed E-state index contributed by atoms with van der Waals surface area (Å²) in [4.78, 5) is 0.234. The number of hydrogen-bond acceptors (Lipinski definition) is 4. The van der Waals surface area contributed by atoms with Crippen molar-refractivity contribution in [2.75, 3.05) is 13.7 Å². The zero-order valence-corrected chi connectivity index (χ0v) is 12.6. The van der Waals surface area contributed by atoms with Crippen molar-refractivity contribution in [1.82, 2.24) is 4.72 Å². The van der Waals surface area contributed by atoms with Crippen molar-refractivity contribution in [2.24, 2.45) is 5.73 Å². The van der Waals surface area contributed by atoms with Gasteiger partial charge in [0, 0.05) is 12.1 Å². The monoisotopic (exact) mass is 298 g/mol. The van der Waals surface area contributed by atoms with Gasteiger partial charge in [-0.25, -0.2) is 13.1 Å². The van der Waals surface area contributed by atoms with E-state index < -0.39 is 15.6 Å². The van der Waals surface area contributed by atoms with Crippen LogP contribution in [0.1, 0.15) is 32.1 Å². The van der Waals surface area contributed by atoms with Crippen molar-refractivity contribution in [3.8, 4) is 5.75 Å². The summed E-state index contributed by atoms with van der Waals surface area (Å²) in [6, 6.07) is 6.33. The summed E-state index contributed by atoms with van der Waals surface area (Å²) in [5.74, 6) is 0.631. The van der Waals surface area contributed by atoms with E-state index in [4.69, 9.17) is 10.5 Å². The van der Waals surface area contributed by atoms with E-state index >= 15 is 0 Å². The van der Waals surface area contributed by atoms with Crippen molar-refractivity contribution < 1.29 is 13.2 Å². The number of sulfonamides is 1. The second-order valence-electron chi connectivity index (χ2n) is 5.42. The molecule has 0 aliphatic heterocycles. The number of methoxy groups -OCH3 is 1. The number of ether oxygens (including phenoxy) is 1. The molecular weight excluding hydrogens is 276 g/mol. The summed E-state index contributed by atoms with van der Waals surface area (Å²) < 4.78 is 32.1. The van der Waals surface area contributed by atoms with Gasteiger partial charge < -0.3 is 10.5 Å². The topological polar surface area (TPSA) is 81.4 Å². The number of nitrogens with one attached hydrogen (secondary N) is 1. The second-order valence-corrected chi connectivity index (χ2v) is 7.19. The second kappa shape index (κ2) is 6.11. The fourth-order valence-electron chi connectivity index (χ4n) is 2.51. The summed E-state index contributed by atoms with van der Waals surface area (Å²) in [5.41, 5.74) is 5.84. The Morgan fingerprint density at radius 1 is 1.20 bits per heavy atom. The zero-order valence-electron chi connectivity index (χ0n) is 11.8. The highest BCUT2D eigenvalue weighted by Crippen LogP contribution is 2.25. The van der Waals surface area contributed by atoms with Crippen molar-refractivity contribution in [2.45, 2.75) is 42.5 Å². The lowest BCUT2D eigenvalue weighted by Crippen LogP contribution is -2.51. The Morgan fingerprint density at radius 2 is 1.80 bits per heavy atom. The molecule has 112 valence electrons. The molecule has 0 saturated heterocycles.